The van der Waals surface area contributed by atoms with E-state index in [2.05, 4.69) is 42.0 Å². The molecule has 0 radical (unpaired) electrons. The Morgan fingerprint density at radius 2 is 1.74 bits per heavy atom. The topological polar surface area (TPSA) is 113 Å². The Labute approximate surface area is 215 Å². The number of nitrogens with one attached hydrogen (secondary N) is 1. The van der Waals surface area contributed by atoms with E-state index in [0.717, 1.165) is 17.0 Å². The monoisotopic (exact) mass is 559 g/mol. The molecule has 7 nitrogen and oxygen atoms in total. The summed E-state index contributed by atoms with van der Waals surface area (Å²) in [5.41, 5.74) is 3.38. The molecule has 0 fully saturated rings. The van der Waals surface area contributed by atoms with E-state index < -0.39 is 24.6 Å². The molecule has 184 valence electrons. The molecule has 1 aromatic heterocycles. The Morgan fingerprint density at radius 3 is 2.29 bits per heavy atom. The van der Waals surface area contributed by atoms with Gasteiger partial charge in [0.25, 0.3) is 0 Å². The average molecular weight is 560 g/mol. The van der Waals surface area contributed by atoms with Gasteiger partial charge in [0.1, 0.15) is 6.04 Å². The van der Waals surface area contributed by atoms with Crippen LogP contribution in [0.25, 0.3) is 10.4 Å². The zero-order chi connectivity index (χ0) is 25.9. The molecule has 1 unspecified atom stereocenters. The van der Waals surface area contributed by atoms with Crippen LogP contribution < -0.4 is 10.1 Å². The van der Waals surface area contributed by atoms with Gasteiger partial charge in [0.15, 0.2) is 23.0 Å². The number of hydrogen-bond donors (Lipinski definition) is 3. The molecule has 1 atom stereocenters. The van der Waals surface area contributed by atoms with Crippen LogP contribution in [0.1, 0.15) is 54.5 Å². The third kappa shape index (κ3) is 6.29. The average Bonchev–Trinajstić information content (AvgIpc) is 3.12. The second-order valence-corrected chi connectivity index (χ2v) is 10.8. The Hall–Kier alpha value is -3.17. The lowest BCUT2D eigenvalue weighted by Gasteiger charge is -2.21. The molecule has 0 bridgehead atoms. The zero-order valence-electron chi connectivity index (χ0n) is 19.7. The lowest BCUT2D eigenvalue weighted by molar-refractivity contribution is -0.139. The molecular formula is C26H26BrNO6S. The van der Waals surface area contributed by atoms with E-state index in [1.807, 2.05) is 36.4 Å². The number of rotatable bonds is 9. The maximum absolute atomic E-state index is 12.6. The summed E-state index contributed by atoms with van der Waals surface area (Å²) < 4.78 is 5.59. The number of carboxylic acid groups (broad SMARTS) is 2. The van der Waals surface area contributed by atoms with Crippen molar-refractivity contribution in [2.75, 3.05) is 11.9 Å². The number of ketones is 1. The number of carbonyl (C=O) groups excluding carboxylic acids is 1. The van der Waals surface area contributed by atoms with Crippen LogP contribution in [0.15, 0.2) is 53.0 Å². The van der Waals surface area contributed by atoms with Crippen molar-refractivity contribution in [3.05, 3.63) is 69.0 Å². The summed E-state index contributed by atoms with van der Waals surface area (Å²) >= 11 is 4.34. The number of aromatic carboxylic acids is 1. The molecule has 0 spiro atoms. The van der Waals surface area contributed by atoms with Crippen LogP contribution in [0.5, 0.6) is 5.75 Å². The number of Topliss-reactive ketones (excluding diaryl/α,β-unsaturated/α-hetero) is 1. The first-order chi connectivity index (χ1) is 16.4. The molecule has 0 saturated carbocycles. The maximum atomic E-state index is 12.6. The molecule has 1 heterocycles. The van der Waals surface area contributed by atoms with Crippen LogP contribution in [-0.2, 0) is 15.0 Å². The molecular weight excluding hydrogens is 534 g/mol. The third-order valence-corrected chi connectivity index (χ3v) is 7.52. The predicted molar refractivity (Wildman–Crippen MR) is 140 cm³/mol. The quantitative estimate of drug-likeness (QED) is 0.278. The summed E-state index contributed by atoms with van der Waals surface area (Å²) in [5.74, 6) is -2.55. The smallest absolute Gasteiger partial charge is 0.349 e. The summed E-state index contributed by atoms with van der Waals surface area (Å²) in [5, 5.41) is 21.8. The molecule has 3 N–H and O–H groups in total. The fourth-order valence-corrected chi connectivity index (χ4v) is 5.39. The Balaban J connectivity index is 1.96. The summed E-state index contributed by atoms with van der Waals surface area (Å²) in [6.07, 6.45) is 0. The van der Waals surface area contributed by atoms with Gasteiger partial charge >= 0.3 is 11.9 Å². The van der Waals surface area contributed by atoms with Gasteiger partial charge in [-0.05, 0) is 63.2 Å². The molecule has 2 aromatic carbocycles. The van der Waals surface area contributed by atoms with Crippen LogP contribution in [0.3, 0.4) is 0 Å². The molecule has 0 aliphatic carbocycles. The van der Waals surface area contributed by atoms with Crippen LogP contribution >= 0.6 is 27.3 Å². The van der Waals surface area contributed by atoms with Gasteiger partial charge in [0.2, 0.25) is 0 Å². The number of carbonyl (C=O) groups is 3. The Kier molecular flexibility index (Phi) is 8.02. The first-order valence-electron chi connectivity index (χ1n) is 10.8. The molecule has 0 aliphatic rings. The fraction of sp³-hybridized carbons (Fsp3) is 0.269. The highest BCUT2D eigenvalue weighted by Crippen LogP contribution is 2.46. The second kappa shape index (κ2) is 10.6. The van der Waals surface area contributed by atoms with Crippen molar-refractivity contribution in [3.8, 4) is 16.2 Å². The largest absolute Gasteiger partial charge is 0.479 e. The van der Waals surface area contributed by atoms with Gasteiger partial charge in [0.05, 0.1) is 9.35 Å². The summed E-state index contributed by atoms with van der Waals surface area (Å²) in [7, 11) is 0. The number of carboxylic acids is 2. The summed E-state index contributed by atoms with van der Waals surface area (Å²) in [6.45, 7) is 7.25. The van der Waals surface area contributed by atoms with Gasteiger partial charge in [-0.3, -0.25) is 4.79 Å². The van der Waals surface area contributed by atoms with E-state index in [4.69, 9.17) is 9.84 Å². The predicted octanol–water partition coefficient (Wildman–Crippen LogP) is 6.38. The standard InChI is InChI=1S/C26H26BrNO6S/c1-14(29)21(28-18-10-8-17(9-11-18)26(2,3)4)15-6-5-7-16(12-15)23-20(27)22(34-13-19(30)31)24(35-23)25(32)33/h5-12,21,28H,13H2,1-4H3,(H,30,31)(H,32,33). The lowest BCUT2D eigenvalue weighted by Crippen LogP contribution is -2.19. The molecule has 0 aliphatic heterocycles. The van der Waals surface area contributed by atoms with E-state index in [-0.39, 0.29) is 21.8 Å². The van der Waals surface area contributed by atoms with Gasteiger partial charge in [-0.2, -0.15) is 0 Å². The van der Waals surface area contributed by atoms with Crippen molar-refractivity contribution in [2.45, 2.75) is 39.2 Å². The second-order valence-electron chi connectivity index (χ2n) is 9.03. The fourth-order valence-electron chi connectivity index (χ4n) is 3.50. The molecule has 9 heteroatoms. The number of benzene rings is 2. The van der Waals surface area contributed by atoms with Crippen molar-refractivity contribution in [3.63, 3.8) is 0 Å². The highest BCUT2D eigenvalue weighted by atomic mass is 79.9. The van der Waals surface area contributed by atoms with E-state index in [1.165, 1.54) is 12.5 Å². The normalized spacial score (nSPS) is 12.1. The van der Waals surface area contributed by atoms with Crippen LogP contribution in [-0.4, -0.2) is 34.5 Å². The number of aliphatic carboxylic acids is 1. The zero-order valence-corrected chi connectivity index (χ0v) is 22.1. The van der Waals surface area contributed by atoms with Crippen molar-refractivity contribution >= 4 is 50.7 Å². The van der Waals surface area contributed by atoms with Crippen LogP contribution in [0.4, 0.5) is 5.69 Å². The minimum absolute atomic E-state index is 0.0166. The highest BCUT2D eigenvalue weighted by Gasteiger charge is 2.25. The van der Waals surface area contributed by atoms with Crippen molar-refractivity contribution in [2.24, 2.45) is 0 Å². The molecule has 0 amide bonds. The summed E-state index contributed by atoms with van der Waals surface area (Å²) in [6, 6.07) is 14.6. The minimum atomic E-state index is -1.22. The first-order valence-corrected chi connectivity index (χ1v) is 12.4. The number of hydrogen-bond acceptors (Lipinski definition) is 6. The van der Waals surface area contributed by atoms with Crippen molar-refractivity contribution in [1.29, 1.82) is 0 Å². The summed E-state index contributed by atoms with van der Waals surface area (Å²) in [4.78, 5) is 35.7. The minimum Gasteiger partial charge on any atom is -0.479 e. The van der Waals surface area contributed by atoms with Gasteiger partial charge in [-0.15, -0.1) is 11.3 Å². The van der Waals surface area contributed by atoms with Crippen LogP contribution in [0.2, 0.25) is 0 Å². The lowest BCUT2D eigenvalue weighted by atomic mass is 9.87. The maximum Gasteiger partial charge on any atom is 0.349 e. The van der Waals surface area contributed by atoms with E-state index >= 15 is 0 Å². The van der Waals surface area contributed by atoms with E-state index in [1.54, 1.807) is 12.1 Å². The number of thiophene rings is 1. The molecule has 3 rings (SSSR count). The molecule has 0 saturated heterocycles. The van der Waals surface area contributed by atoms with Gasteiger partial charge in [-0.1, -0.05) is 51.1 Å². The van der Waals surface area contributed by atoms with Crippen molar-refractivity contribution < 1.29 is 29.3 Å². The van der Waals surface area contributed by atoms with E-state index in [9.17, 15) is 19.5 Å². The van der Waals surface area contributed by atoms with Gasteiger partial charge in [0, 0.05) is 5.69 Å². The Morgan fingerprint density at radius 1 is 1.09 bits per heavy atom. The number of anilines is 1. The molecule has 35 heavy (non-hydrogen) atoms. The Bertz CT molecular complexity index is 1260. The van der Waals surface area contributed by atoms with Crippen LogP contribution in [0, 0.1) is 0 Å². The van der Waals surface area contributed by atoms with Crippen molar-refractivity contribution in [1.82, 2.24) is 0 Å². The van der Waals surface area contributed by atoms with E-state index in [0.29, 0.717) is 20.5 Å². The first kappa shape index (κ1) is 26.4. The SMILES string of the molecule is CC(=O)C(Nc1ccc(C(C)(C)C)cc1)c1cccc(-c2sc(C(=O)O)c(OCC(=O)O)c2Br)c1. The molecule has 3 aromatic rings. The highest BCUT2D eigenvalue weighted by molar-refractivity contribution is 9.10. The number of halogens is 1. The third-order valence-electron chi connectivity index (χ3n) is 5.29. The van der Waals surface area contributed by atoms with Gasteiger partial charge in [-0.25, -0.2) is 9.59 Å². The number of ether oxygens (including phenoxy) is 1. The van der Waals surface area contributed by atoms with Gasteiger partial charge < -0.3 is 20.3 Å².